The zero-order chi connectivity index (χ0) is 13.1. The van der Waals surface area contributed by atoms with Crippen LogP contribution in [-0.4, -0.2) is 5.78 Å². The summed E-state index contributed by atoms with van der Waals surface area (Å²) in [5, 5.41) is 3.05. The average molecular weight is 243 g/mol. The van der Waals surface area contributed by atoms with E-state index in [0.29, 0.717) is 11.4 Å². The summed E-state index contributed by atoms with van der Waals surface area (Å²) >= 11 is 0. The lowest BCUT2D eigenvalue weighted by Crippen LogP contribution is -2.15. The first-order valence-electron chi connectivity index (χ1n) is 5.55. The van der Waals surface area contributed by atoms with Gasteiger partial charge in [0.15, 0.2) is 5.78 Å². The van der Waals surface area contributed by atoms with E-state index in [9.17, 15) is 9.59 Å². The van der Waals surface area contributed by atoms with Crippen molar-refractivity contribution < 1.29 is 9.21 Å². The van der Waals surface area contributed by atoms with Gasteiger partial charge in [-0.25, -0.2) is 4.79 Å². The van der Waals surface area contributed by atoms with E-state index in [1.807, 2.05) is 30.3 Å². The molecule has 1 aromatic heterocycles. The molecule has 0 aliphatic carbocycles. The zero-order valence-corrected chi connectivity index (χ0v) is 10.2. The van der Waals surface area contributed by atoms with Gasteiger partial charge in [-0.2, -0.15) is 0 Å². The second kappa shape index (κ2) is 4.87. The van der Waals surface area contributed by atoms with Crippen LogP contribution in [0.5, 0.6) is 0 Å². The van der Waals surface area contributed by atoms with Crippen LogP contribution < -0.4 is 10.9 Å². The largest absolute Gasteiger partial charge is 0.428 e. The van der Waals surface area contributed by atoms with Gasteiger partial charge >= 0.3 is 5.63 Å². The summed E-state index contributed by atoms with van der Waals surface area (Å²) in [6, 6.07) is 11.0. The van der Waals surface area contributed by atoms with Crippen molar-refractivity contribution in [3.05, 3.63) is 58.1 Å². The smallest absolute Gasteiger partial charge is 0.348 e. The van der Waals surface area contributed by atoms with Crippen LogP contribution in [-0.2, 0) is 0 Å². The number of hydrogen-bond acceptors (Lipinski definition) is 4. The van der Waals surface area contributed by atoms with E-state index in [-0.39, 0.29) is 11.3 Å². The fourth-order valence-electron chi connectivity index (χ4n) is 1.72. The number of rotatable bonds is 3. The normalized spacial score (nSPS) is 10.1. The molecule has 4 nitrogen and oxygen atoms in total. The third kappa shape index (κ3) is 2.48. The molecule has 1 heterocycles. The van der Waals surface area contributed by atoms with Crippen molar-refractivity contribution in [2.75, 3.05) is 5.32 Å². The number of aryl methyl sites for hydroxylation is 1. The van der Waals surface area contributed by atoms with Crippen LogP contribution in [0.2, 0.25) is 0 Å². The molecule has 0 aliphatic rings. The molecule has 0 radical (unpaired) electrons. The van der Waals surface area contributed by atoms with Crippen LogP contribution in [0.1, 0.15) is 23.0 Å². The quantitative estimate of drug-likeness (QED) is 0.842. The minimum Gasteiger partial charge on any atom is -0.428 e. The van der Waals surface area contributed by atoms with Crippen molar-refractivity contribution in [1.82, 2.24) is 0 Å². The molecule has 0 fully saturated rings. The lowest BCUT2D eigenvalue weighted by molar-refractivity contribution is 0.101. The molecule has 2 aromatic rings. The Labute approximate surface area is 104 Å². The van der Waals surface area contributed by atoms with E-state index in [4.69, 9.17) is 4.42 Å². The van der Waals surface area contributed by atoms with Gasteiger partial charge in [-0.3, -0.25) is 4.79 Å². The predicted molar refractivity (Wildman–Crippen MR) is 69.4 cm³/mol. The summed E-state index contributed by atoms with van der Waals surface area (Å²) in [5.74, 6) is 0.144. The lowest BCUT2D eigenvalue weighted by atomic mass is 10.1. The first kappa shape index (κ1) is 12.1. The Bertz CT molecular complexity index is 629. The number of para-hydroxylation sites is 1. The number of carbonyl (C=O) groups excluding carboxylic acids is 1. The molecule has 0 atom stereocenters. The maximum Gasteiger partial charge on any atom is 0.348 e. The van der Waals surface area contributed by atoms with E-state index in [1.165, 1.54) is 6.92 Å². The van der Waals surface area contributed by atoms with E-state index in [2.05, 4.69) is 5.32 Å². The van der Waals surface area contributed by atoms with Gasteiger partial charge in [0.2, 0.25) is 0 Å². The fourth-order valence-corrected chi connectivity index (χ4v) is 1.72. The molecule has 2 rings (SSSR count). The number of anilines is 2. The highest BCUT2D eigenvalue weighted by molar-refractivity contribution is 5.99. The van der Waals surface area contributed by atoms with Crippen LogP contribution in [0.25, 0.3) is 0 Å². The van der Waals surface area contributed by atoms with E-state index in [1.54, 1.807) is 13.0 Å². The molecular formula is C14H13NO3. The highest BCUT2D eigenvalue weighted by Gasteiger charge is 2.14. The molecule has 0 saturated heterocycles. The van der Waals surface area contributed by atoms with E-state index >= 15 is 0 Å². The van der Waals surface area contributed by atoms with Gasteiger partial charge in [-0.05, 0) is 26.0 Å². The van der Waals surface area contributed by atoms with Crippen LogP contribution in [0, 0.1) is 6.92 Å². The Morgan fingerprint density at radius 1 is 1.22 bits per heavy atom. The number of ketones is 1. The molecule has 4 heteroatoms. The van der Waals surface area contributed by atoms with E-state index < -0.39 is 5.63 Å². The first-order valence-corrected chi connectivity index (χ1v) is 5.55. The number of Topliss-reactive ketones (excluding diaryl/α,β-unsaturated/α-hetero) is 1. The second-order valence-electron chi connectivity index (χ2n) is 3.98. The van der Waals surface area contributed by atoms with Gasteiger partial charge in [0.05, 0.1) is 5.69 Å². The number of nitrogens with one attached hydrogen (secondary N) is 1. The summed E-state index contributed by atoms with van der Waals surface area (Å²) in [7, 11) is 0. The maximum atomic E-state index is 11.7. The molecule has 0 bridgehead atoms. The van der Waals surface area contributed by atoms with Gasteiger partial charge in [0.25, 0.3) is 0 Å². The third-order valence-electron chi connectivity index (χ3n) is 2.48. The summed E-state index contributed by atoms with van der Waals surface area (Å²) in [4.78, 5) is 23.2. The van der Waals surface area contributed by atoms with E-state index in [0.717, 1.165) is 5.69 Å². The molecule has 92 valence electrons. The number of hydrogen-bond donors (Lipinski definition) is 1. The summed E-state index contributed by atoms with van der Waals surface area (Å²) < 4.78 is 4.93. The highest BCUT2D eigenvalue weighted by atomic mass is 16.4. The SMILES string of the molecule is CC(=O)c1c(Nc2ccccc2)cc(C)oc1=O. The molecule has 1 N–H and O–H groups in total. The molecule has 0 unspecified atom stereocenters. The van der Waals surface area contributed by atoms with Crippen LogP contribution in [0.4, 0.5) is 11.4 Å². The summed E-state index contributed by atoms with van der Waals surface area (Å²) in [5.41, 5.74) is 0.720. The topological polar surface area (TPSA) is 59.3 Å². The molecule has 18 heavy (non-hydrogen) atoms. The van der Waals surface area contributed by atoms with Crippen LogP contribution >= 0.6 is 0 Å². The highest BCUT2D eigenvalue weighted by Crippen LogP contribution is 2.20. The van der Waals surface area contributed by atoms with Crippen LogP contribution in [0.3, 0.4) is 0 Å². The second-order valence-corrected chi connectivity index (χ2v) is 3.98. The Morgan fingerprint density at radius 2 is 1.89 bits per heavy atom. The number of benzene rings is 1. The fraction of sp³-hybridized carbons (Fsp3) is 0.143. The maximum absolute atomic E-state index is 11.7. The zero-order valence-electron chi connectivity index (χ0n) is 10.2. The Hall–Kier alpha value is -2.36. The first-order chi connectivity index (χ1) is 8.58. The Kier molecular flexibility index (Phi) is 3.28. The van der Waals surface area contributed by atoms with Crippen molar-refractivity contribution in [3.8, 4) is 0 Å². The van der Waals surface area contributed by atoms with Gasteiger partial charge < -0.3 is 9.73 Å². The molecular weight excluding hydrogens is 230 g/mol. The lowest BCUT2D eigenvalue weighted by Gasteiger charge is -2.09. The Balaban J connectivity index is 2.50. The van der Waals surface area contributed by atoms with Gasteiger partial charge in [-0.1, -0.05) is 18.2 Å². The van der Waals surface area contributed by atoms with Crippen molar-refractivity contribution in [1.29, 1.82) is 0 Å². The number of carbonyl (C=O) groups is 1. The van der Waals surface area contributed by atoms with Crippen molar-refractivity contribution >= 4 is 17.2 Å². The molecule has 0 spiro atoms. The molecule has 0 aliphatic heterocycles. The Morgan fingerprint density at radius 3 is 2.50 bits per heavy atom. The minimum absolute atomic E-state index is 0.0458. The monoisotopic (exact) mass is 243 g/mol. The van der Waals surface area contributed by atoms with Gasteiger partial charge in [0.1, 0.15) is 11.3 Å². The molecule has 0 saturated carbocycles. The predicted octanol–water partition coefficient (Wildman–Crippen LogP) is 2.89. The average Bonchev–Trinajstić information content (AvgIpc) is 2.28. The summed E-state index contributed by atoms with van der Waals surface area (Å²) in [6.07, 6.45) is 0. The van der Waals surface area contributed by atoms with Gasteiger partial charge in [0, 0.05) is 11.8 Å². The van der Waals surface area contributed by atoms with Crippen molar-refractivity contribution in [3.63, 3.8) is 0 Å². The summed E-state index contributed by atoms with van der Waals surface area (Å²) in [6.45, 7) is 3.01. The van der Waals surface area contributed by atoms with Crippen molar-refractivity contribution in [2.45, 2.75) is 13.8 Å². The van der Waals surface area contributed by atoms with Crippen LogP contribution in [0.15, 0.2) is 45.6 Å². The molecule has 0 amide bonds. The standard InChI is InChI=1S/C14H13NO3/c1-9-8-12(13(10(2)16)14(17)18-9)15-11-6-4-3-5-7-11/h3-8,15H,1-2H3. The molecule has 1 aromatic carbocycles. The van der Waals surface area contributed by atoms with Crippen molar-refractivity contribution in [2.24, 2.45) is 0 Å². The third-order valence-corrected chi connectivity index (χ3v) is 2.48. The minimum atomic E-state index is -0.610. The van der Waals surface area contributed by atoms with Gasteiger partial charge in [-0.15, -0.1) is 0 Å².